The monoisotopic (exact) mass is 1110 g/mol. The Bertz CT molecular complexity index is 1430. The number of allylic oxidation sites excluding steroid dienone is 8. The van der Waals surface area contributed by atoms with E-state index in [0.717, 1.165) is 64.2 Å². The maximum Gasteiger partial charge on any atom is 0.306 e. The number of carboxylic acids is 1. The number of quaternary nitrogens is 1. The molecule has 0 aromatic rings. The Morgan fingerprint density at radius 1 is 0.392 bits per heavy atom. The third kappa shape index (κ3) is 62.7. The molecule has 0 aromatic carbocycles. The van der Waals surface area contributed by atoms with E-state index in [2.05, 4.69) is 62.5 Å². The smallest absolute Gasteiger partial charge is 0.306 e. The number of carboxylic acid groups (broad SMARTS) is 1. The summed E-state index contributed by atoms with van der Waals surface area (Å²) in [5.74, 6) is -2.26. The van der Waals surface area contributed by atoms with E-state index in [1.807, 2.05) is 21.1 Å². The highest BCUT2D eigenvalue weighted by atomic mass is 16.7. The first-order valence-corrected chi connectivity index (χ1v) is 33.8. The minimum atomic E-state index is -1.62. The van der Waals surface area contributed by atoms with E-state index in [0.29, 0.717) is 17.4 Å². The molecule has 9 nitrogen and oxygen atoms in total. The molecule has 462 valence electrons. The first-order valence-electron chi connectivity index (χ1n) is 33.8. The standard InChI is InChI=1S/C70H129NO8/c1-6-8-10-12-14-16-18-20-22-23-24-25-26-27-28-29-30-31-32-33-34-35-36-37-38-39-40-41-42-43-44-45-47-49-51-53-55-57-59-61-68(73)79-66(65-78-70(69(74)75)76-63-62-71(3,4)5)64-77-67(72)60-58-56-54-52-50-48-46-21-19-17-15-13-11-9-7-2/h8,10,14,16,20,22,24-25,66,70H,6-7,9,11-13,15,17-19,21,23,26-65H2,1-5H3/b10-8-,16-14-,22-20-,25-24-. The number of likely N-dealkylation sites (N-methyl/N-ethyl adjacent to an activating group) is 1. The lowest BCUT2D eigenvalue weighted by Gasteiger charge is -2.26. The van der Waals surface area contributed by atoms with E-state index in [-0.39, 0.29) is 32.2 Å². The summed E-state index contributed by atoms with van der Waals surface area (Å²) in [5, 5.41) is 11.8. The zero-order valence-corrected chi connectivity index (χ0v) is 52.8. The average molecular weight is 1110 g/mol. The lowest BCUT2D eigenvalue weighted by Crippen LogP contribution is -2.44. The molecule has 2 unspecified atom stereocenters. The van der Waals surface area contributed by atoms with Crippen LogP contribution in [0.5, 0.6) is 0 Å². The molecule has 0 aliphatic rings. The van der Waals surface area contributed by atoms with Gasteiger partial charge < -0.3 is 33.3 Å². The number of nitrogens with zero attached hydrogens (tertiary/aromatic N) is 1. The van der Waals surface area contributed by atoms with E-state index in [4.69, 9.17) is 18.9 Å². The summed E-state index contributed by atoms with van der Waals surface area (Å²) in [7, 11) is 5.94. The van der Waals surface area contributed by atoms with Gasteiger partial charge in [0.1, 0.15) is 13.2 Å². The lowest BCUT2D eigenvalue weighted by atomic mass is 10.0. The van der Waals surface area contributed by atoms with Gasteiger partial charge in [0, 0.05) is 12.8 Å². The van der Waals surface area contributed by atoms with Crippen LogP contribution in [0, 0.1) is 0 Å². The molecule has 0 aliphatic heterocycles. The maximum atomic E-state index is 12.9. The van der Waals surface area contributed by atoms with Gasteiger partial charge in [0.05, 0.1) is 40.3 Å². The number of esters is 2. The summed E-state index contributed by atoms with van der Waals surface area (Å²) in [6.07, 6.45) is 74.9. The SMILES string of the molecule is CC/C=C\C/C=C\C/C=C\C/C=C\CCCCCCCCCCCCCCCCCCCCCCCCCCCCC(=O)OC(COC(=O)CCCCCCCCCCCCCCCCC)COC(OCC[N+](C)(C)C)C(=O)[O-]. The molecule has 9 heteroatoms. The number of carbonyl (C=O) groups excluding carboxylic acids is 3. The second kappa shape index (κ2) is 61.3. The van der Waals surface area contributed by atoms with Gasteiger partial charge in [0.25, 0.3) is 0 Å². The van der Waals surface area contributed by atoms with Crippen LogP contribution in [0.2, 0.25) is 0 Å². The summed E-state index contributed by atoms with van der Waals surface area (Å²) in [4.78, 5) is 37.3. The molecule has 0 rings (SSSR count). The first kappa shape index (κ1) is 76.2. The van der Waals surface area contributed by atoms with Crippen molar-refractivity contribution in [1.29, 1.82) is 0 Å². The maximum absolute atomic E-state index is 12.9. The molecule has 0 spiro atoms. The summed E-state index contributed by atoms with van der Waals surface area (Å²) < 4.78 is 22.8. The number of ether oxygens (including phenoxy) is 4. The normalized spacial score (nSPS) is 13.0. The largest absolute Gasteiger partial charge is 0.545 e. The van der Waals surface area contributed by atoms with E-state index in [9.17, 15) is 19.5 Å². The fourth-order valence-corrected chi connectivity index (χ4v) is 9.94. The number of aliphatic carboxylic acids is 1. The molecule has 79 heavy (non-hydrogen) atoms. The van der Waals surface area contributed by atoms with Crippen LogP contribution in [0.4, 0.5) is 0 Å². The van der Waals surface area contributed by atoms with Crippen molar-refractivity contribution in [2.45, 2.75) is 334 Å². The van der Waals surface area contributed by atoms with Gasteiger partial charge in [-0.2, -0.15) is 0 Å². The van der Waals surface area contributed by atoms with Crippen molar-refractivity contribution < 1.29 is 42.9 Å². The zero-order valence-electron chi connectivity index (χ0n) is 52.8. The first-order chi connectivity index (χ1) is 38.6. The number of carbonyl (C=O) groups is 3. The van der Waals surface area contributed by atoms with Crippen LogP contribution >= 0.6 is 0 Å². The summed E-state index contributed by atoms with van der Waals surface area (Å²) >= 11 is 0. The third-order valence-corrected chi connectivity index (χ3v) is 15.1. The van der Waals surface area contributed by atoms with Crippen molar-refractivity contribution in [1.82, 2.24) is 0 Å². The quantitative estimate of drug-likeness (QED) is 0.0195. The van der Waals surface area contributed by atoms with E-state index in [1.54, 1.807) is 0 Å². The van der Waals surface area contributed by atoms with E-state index in [1.165, 1.54) is 231 Å². The Labute approximate surface area is 489 Å². The second-order valence-corrected chi connectivity index (χ2v) is 24.1. The summed E-state index contributed by atoms with van der Waals surface area (Å²) in [6, 6.07) is 0. The van der Waals surface area contributed by atoms with Gasteiger partial charge >= 0.3 is 11.9 Å². The van der Waals surface area contributed by atoms with Crippen LogP contribution in [0.3, 0.4) is 0 Å². The predicted octanol–water partition coefficient (Wildman–Crippen LogP) is 19.2. The van der Waals surface area contributed by atoms with E-state index >= 15 is 0 Å². The highest BCUT2D eigenvalue weighted by Crippen LogP contribution is 2.18. The fourth-order valence-electron chi connectivity index (χ4n) is 9.94. The van der Waals surface area contributed by atoms with Crippen LogP contribution < -0.4 is 5.11 Å². The Balaban J connectivity index is 3.93. The van der Waals surface area contributed by atoms with Gasteiger partial charge in [0.15, 0.2) is 12.4 Å². The second-order valence-electron chi connectivity index (χ2n) is 24.1. The fraction of sp³-hybridized carbons (Fsp3) is 0.843. The van der Waals surface area contributed by atoms with Crippen molar-refractivity contribution in [3.05, 3.63) is 48.6 Å². The van der Waals surface area contributed by atoms with Gasteiger partial charge in [-0.3, -0.25) is 9.59 Å². The molecule has 0 saturated carbocycles. The van der Waals surface area contributed by atoms with Crippen LogP contribution in [0.1, 0.15) is 322 Å². The van der Waals surface area contributed by atoms with Crippen LogP contribution in [0.25, 0.3) is 0 Å². The molecule has 0 bridgehead atoms. The highest BCUT2D eigenvalue weighted by Gasteiger charge is 2.22. The molecule has 0 N–H and O–H groups in total. The lowest BCUT2D eigenvalue weighted by molar-refractivity contribution is -0.870. The number of hydrogen-bond donors (Lipinski definition) is 0. The van der Waals surface area contributed by atoms with Crippen molar-refractivity contribution in [3.8, 4) is 0 Å². The minimum Gasteiger partial charge on any atom is -0.545 e. The molecule has 0 heterocycles. The summed E-state index contributed by atoms with van der Waals surface area (Å²) in [5.41, 5.74) is 0. The molecular weight excluding hydrogens is 983 g/mol. The summed E-state index contributed by atoms with van der Waals surface area (Å²) in [6.45, 7) is 4.69. The number of hydrogen-bond acceptors (Lipinski definition) is 8. The molecule has 0 aromatic heterocycles. The zero-order chi connectivity index (χ0) is 57.6. The topological polar surface area (TPSA) is 111 Å². The van der Waals surface area contributed by atoms with Crippen molar-refractivity contribution in [3.63, 3.8) is 0 Å². The van der Waals surface area contributed by atoms with E-state index < -0.39 is 24.3 Å². The van der Waals surface area contributed by atoms with Gasteiger partial charge in [-0.05, 0) is 51.4 Å². The average Bonchev–Trinajstić information content (AvgIpc) is 3.42. The van der Waals surface area contributed by atoms with Gasteiger partial charge in [-0.25, -0.2) is 0 Å². The van der Waals surface area contributed by atoms with Gasteiger partial charge in [0.2, 0.25) is 0 Å². The molecule has 0 aliphatic carbocycles. The number of unbranched alkanes of at least 4 members (excludes halogenated alkanes) is 40. The minimum absolute atomic E-state index is 0.151. The van der Waals surface area contributed by atoms with Crippen molar-refractivity contribution in [2.24, 2.45) is 0 Å². The van der Waals surface area contributed by atoms with Crippen LogP contribution in [0.15, 0.2) is 48.6 Å². The Kier molecular flexibility index (Phi) is 59.2. The molecule has 0 fully saturated rings. The highest BCUT2D eigenvalue weighted by molar-refractivity contribution is 5.70. The van der Waals surface area contributed by atoms with Gasteiger partial charge in [-0.1, -0.05) is 306 Å². The molecule has 0 amide bonds. The van der Waals surface area contributed by atoms with Crippen molar-refractivity contribution in [2.75, 3.05) is 47.5 Å². The number of rotatable bonds is 63. The molecule has 0 saturated heterocycles. The third-order valence-electron chi connectivity index (χ3n) is 15.1. The molecule has 2 atom stereocenters. The van der Waals surface area contributed by atoms with Crippen molar-refractivity contribution >= 4 is 17.9 Å². The molecule has 0 radical (unpaired) electrons. The Hall–Kier alpha value is -2.75. The predicted molar refractivity (Wildman–Crippen MR) is 334 cm³/mol. The van der Waals surface area contributed by atoms with Gasteiger partial charge in [-0.15, -0.1) is 0 Å². The Morgan fingerprint density at radius 3 is 1.08 bits per heavy atom. The molecular formula is C70H129NO8. The van der Waals surface area contributed by atoms with Crippen LogP contribution in [-0.4, -0.2) is 82.3 Å². The Morgan fingerprint density at radius 2 is 0.722 bits per heavy atom. The van der Waals surface area contributed by atoms with Crippen LogP contribution in [-0.2, 0) is 33.3 Å².